The molecule has 4 heteroatoms. The maximum atomic E-state index is 12.4. The van der Waals surface area contributed by atoms with Crippen molar-refractivity contribution in [3.8, 4) is 0 Å². The molecule has 1 aromatic carbocycles. The molecule has 2 heterocycles. The van der Waals surface area contributed by atoms with E-state index in [2.05, 4.69) is 4.90 Å². The third kappa shape index (κ3) is 2.26. The highest BCUT2D eigenvalue weighted by atomic mass is 16.5. The second-order valence-electron chi connectivity index (χ2n) is 5.22. The molecule has 3 rings (SSSR count). The van der Waals surface area contributed by atoms with E-state index in [1.165, 1.54) is 12.8 Å². The quantitative estimate of drug-likeness (QED) is 0.828. The molecule has 1 fully saturated rings. The lowest BCUT2D eigenvalue weighted by Gasteiger charge is -2.26. The van der Waals surface area contributed by atoms with E-state index in [9.17, 15) is 4.79 Å². The summed E-state index contributed by atoms with van der Waals surface area (Å²) >= 11 is 0. The number of hydrogen-bond donors (Lipinski definition) is 0. The van der Waals surface area contributed by atoms with Gasteiger partial charge in [-0.25, -0.2) is 0 Å². The van der Waals surface area contributed by atoms with Crippen molar-refractivity contribution in [1.82, 2.24) is 9.80 Å². The normalized spacial score (nSPS) is 23.1. The lowest BCUT2D eigenvalue weighted by atomic mass is 10.1. The summed E-state index contributed by atoms with van der Waals surface area (Å²) in [7, 11) is 1.67. The van der Waals surface area contributed by atoms with Gasteiger partial charge in [-0.15, -0.1) is 0 Å². The van der Waals surface area contributed by atoms with Gasteiger partial charge in [-0.2, -0.15) is 0 Å². The van der Waals surface area contributed by atoms with Crippen LogP contribution >= 0.6 is 0 Å². The minimum Gasteiger partial charge on any atom is -0.357 e. The van der Waals surface area contributed by atoms with Crippen LogP contribution in [0.15, 0.2) is 24.3 Å². The van der Waals surface area contributed by atoms with Gasteiger partial charge in [0.1, 0.15) is 0 Å². The van der Waals surface area contributed by atoms with Crippen LogP contribution in [0, 0.1) is 0 Å². The number of nitrogens with zero attached hydrogens (tertiary/aromatic N) is 2. The largest absolute Gasteiger partial charge is 0.357 e. The van der Waals surface area contributed by atoms with Gasteiger partial charge in [0.2, 0.25) is 0 Å². The molecule has 2 aliphatic heterocycles. The number of carbonyl (C=O) groups excluding carboxylic acids is 1. The van der Waals surface area contributed by atoms with E-state index in [4.69, 9.17) is 4.74 Å². The number of fused-ring (bicyclic) bond motifs is 1. The maximum absolute atomic E-state index is 12.4. The predicted molar refractivity (Wildman–Crippen MR) is 72.9 cm³/mol. The van der Waals surface area contributed by atoms with E-state index < -0.39 is 0 Å². The fraction of sp³-hybridized carbons (Fsp3) is 0.533. The van der Waals surface area contributed by atoms with Gasteiger partial charge in [0.05, 0.1) is 0 Å². The molecule has 1 aromatic rings. The number of hydrogen-bond acceptors (Lipinski definition) is 3. The molecular formula is C15H20N2O2. The molecule has 0 unspecified atom stereocenters. The molecule has 19 heavy (non-hydrogen) atoms. The van der Waals surface area contributed by atoms with Gasteiger partial charge in [-0.1, -0.05) is 18.2 Å². The van der Waals surface area contributed by atoms with Gasteiger partial charge in [0.25, 0.3) is 5.91 Å². The fourth-order valence-corrected chi connectivity index (χ4v) is 3.06. The summed E-state index contributed by atoms with van der Waals surface area (Å²) in [6.07, 6.45) is 2.34. The number of carbonyl (C=O) groups is 1. The zero-order valence-corrected chi connectivity index (χ0v) is 11.3. The van der Waals surface area contributed by atoms with Crippen LogP contribution in [-0.4, -0.2) is 49.0 Å². The average molecular weight is 260 g/mol. The first-order valence-electron chi connectivity index (χ1n) is 6.96. The lowest BCUT2D eigenvalue weighted by Crippen LogP contribution is -2.36. The van der Waals surface area contributed by atoms with Gasteiger partial charge < -0.3 is 14.5 Å². The first-order valence-corrected chi connectivity index (χ1v) is 6.96. The van der Waals surface area contributed by atoms with Crippen LogP contribution in [0.1, 0.15) is 35.0 Å². The van der Waals surface area contributed by atoms with E-state index >= 15 is 0 Å². The number of likely N-dealkylation sites (tertiary alicyclic amines) is 1. The molecule has 1 atom stereocenters. The number of benzene rings is 1. The van der Waals surface area contributed by atoms with Crippen LogP contribution in [0.3, 0.4) is 0 Å². The van der Waals surface area contributed by atoms with E-state index in [0.29, 0.717) is 0 Å². The van der Waals surface area contributed by atoms with Crippen LogP contribution < -0.4 is 0 Å². The van der Waals surface area contributed by atoms with Crippen molar-refractivity contribution in [3.05, 3.63) is 35.4 Å². The standard InChI is InChI=1S/C15H20N2O2/c1-19-15-13-7-3-2-6-12(13)14(18)17(15)11-10-16-8-4-5-9-16/h2-3,6-7,15H,4-5,8-11H2,1H3/t15-/m1/s1. The second-order valence-corrected chi connectivity index (χ2v) is 5.22. The highest BCUT2D eigenvalue weighted by molar-refractivity contribution is 5.98. The molecule has 0 bridgehead atoms. The second kappa shape index (κ2) is 5.31. The first-order chi connectivity index (χ1) is 9.31. The Morgan fingerprint density at radius 1 is 1.21 bits per heavy atom. The number of ether oxygens (including phenoxy) is 1. The SMILES string of the molecule is CO[C@@H]1c2ccccc2C(=O)N1CCN1CCCC1. The molecule has 4 nitrogen and oxygen atoms in total. The summed E-state index contributed by atoms with van der Waals surface area (Å²) in [5, 5.41) is 0. The zero-order chi connectivity index (χ0) is 13.2. The Labute approximate surface area is 113 Å². The van der Waals surface area contributed by atoms with Crippen molar-refractivity contribution in [2.24, 2.45) is 0 Å². The molecular weight excluding hydrogens is 240 g/mol. The molecule has 0 N–H and O–H groups in total. The zero-order valence-electron chi connectivity index (χ0n) is 11.3. The first kappa shape index (κ1) is 12.6. The summed E-state index contributed by atoms with van der Waals surface area (Å²) in [6, 6.07) is 7.74. The lowest BCUT2D eigenvalue weighted by molar-refractivity contribution is -0.0149. The average Bonchev–Trinajstić information content (AvgIpc) is 3.04. The van der Waals surface area contributed by atoms with Crippen molar-refractivity contribution >= 4 is 5.91 Å². The Bertz CT molecular complexity index is 469. The molecule has 0 spiro atoms. The summed E-state index contributed by atoms with van der Waals surface area (Å²) in [4.78, 5) is 16.7. The van der Waals surface area contributed by atoms with Crippen LogP contribution in [0.25, 0.3) is 0 Å². The summed E-state index contributed by atoms with van der Waals surface area (Å²) in [5.74, 6) is 0.0987. The molecule has 102 valence electrons. The van der Waals surface area contributed by atoms with Gasteiger partial charge in [-0.05, 0) is 32.0 Å². The van der Waals surface area contributed by atoms with Crippen molar-refractivity contribution in [2.75, 3.05) is 33.3 Å². The van der Waals surface area contributed by atoms with Crippen LogP contribution in [-0.2, 0) is 4.74 Å². The minimum absolute atomic E-state index is 0.0987. The fourth-order valence-electron chi connectivity index (χ4n) is 3.06. The van der Waals surface area contributed by atoms with Crippen molar-refractivity contribution in [2.45, 2.75) is 19.1 Å². The maximum Gasteiger partial charge on any atom is 0.256 e. The highest BCUT2D eigenvalue weighted by Crippen LogP contribution is 2.33. The highest BCUT2D eigenvalue weighted by Gasteiger charge is 2.36. The number of methoxy groups -OCH3 is 1. The Hall–Kier alpha value is -1.39. The summed E-state index contributed by atoms with van der Waals surface area (Å²) in [5.41, 5.74) is 1.78. The van der Waals surface area contributed by atoms with E-state index in [1.54, 1.807) is 7.11 Å². The van der Waals surface area contributed by atoms with Crippen molar-refractivity contribution in [1.29, 1.82) is 0 Å². The molecule has 2 aliphatic rings. The van der Waals surface area contributed by atoms with Crippen LogP contribution in [0.4, 0.5) is 0 Å². The van der Waals surface area contributed by atoms with E-state index in [0.717, 1.165) is 37.3 Å². The Morgan fingerprint density at radius 3 is 2.68 bits per heavy atom. The third-order valence-corrected chi connectivity index (χ3v) is 4.08. The number of rotatable bonds is 4. The number of amides is 1. The Morgan fingerprint density at radius 2 is 1.95 bits per heavy atom. The van der Waals surface area contributed by atoms with Crippen molar-refractivity contribution in [3.63, 3.8) is 0 Å². The monoisotopic (exact) mass is 260 g/mol. The molecule has 1 saturated heterocycles. The van der Waals surface area contributed by atoms with Crippen LogP contribution in [0.5, 0.6) is 0 Å². The topological polar surface area (TPSA) is 32.8 Å². The predicted octanol–water partition coefficient (Wildman–Crippen LogP) is 1.88. The van der Waals surface area contributed by atoms with Gasteiger partial charge in [-0.3, -0.25) is 4.79 Å². The van der Waals surface area contributed by atoms with E-state index in [1.807, 2.05) is 29.2 Å². The van der Waals surface area contributed by atoms with E-state index in [-0.39, 0.29) is 12.1 Å². The molecule has 0 aliphatic carbocycles. The van der Waals surface area contributed by atoms with Gasteiger partial charge >= 0.3 is 0 Å². The molecule has 1 amide bonds. The summed E-state index contributed by atoms with van der Waals surface area (Å²) in [6.45, 7) is 4.00. The molecule has 0 aromatic heterocycles. The minimum atomic E-state index is -0.216. The molecule has 0 radical (unpaired) electrons. The van der Waals surface area contributed by atoms with Gasteiger partial charge in [0.15, 0.2) is 6.23 Å². The van der Waals surface area contributed by atoms with Crippen molar-refractivity contribution < 1.29 is 9.53 Å². The smallest absolute Gasteiger partial charge is 0.256 e. The van der Waals surface area contributed by atoms with Crippen LogP contribution in [0.2, 0.25) is 0 Å². The summed E-state index contributed by atoms with van der Waals surface area (Å²) < 4.78 is 5.52. The third-order valence-electron chi connectivity index (χ3n) is 4.08. The molecule has 0 saturated carbocycles. The Kier molecular flexibility index (Phi) is 3.53. The Balaban J connectivity index is 1.73. The van der Waals surface area contributed by atoms with Gasteiger partial charge in [0, 0.05) is 31.3 Å².